The van der Waals surface area contributed by atoms with Crippen LogP contribution in [-0.4, -0.2) is 11.9 Å². The Kier molecular flexibility index (Phi) is 4.15. The molecule has 1 aromatic carbocycles. The third-order valence-corrected chi connectivity index (χ3v) is 5.18. The lowest BCUT2D eigenvalue weighted by molar-refractivity contribution is -0.314. The first-order valence-electron chi connectivity index (χ1n) is 7.95. The molecule has 4 nitrogen and oxygen atoms in total. The van der Waals surface area contributed by atoms with E-state index in [0.29, 0.717) is 6.42 Å². The van der Waals surface area contributed by atoms with Gasteiger partial charge in [-0.3, -0.25) is 4.79 Å². The highest BCUT2D eigenvalue weighted by atomic mass is 19.1. The molecule has 4 atom stereocenters. The number of carbonyl (C=O) groups excluding carboxylic acids is 2. The topological polar surface area (TPSA) is 69.2 Å². The number of hydrogen-bond acceptors (Lipinski definition) is 3. The van der Waals surface area contributed by atoms with Crippen molar-refractivity contribution in [2.24, 2.45) is 23.7 Å². The van der Waals surface area contributed by atoms with E-state index >= 15 is 0 Å². The Hall–Kier alpha value is -2.24. The Bertz CT molecular complexity index is 740. The van der Waals surface area contributed by atoms with Crippen molar-refractivity contribution < 1.29 is 23.5 Å². The first kappa shape index (κ1) is 16.6. The molecule has 0 unspecified atom stereocenters. The van der Waals surface area contributed by atoms with E-state index < -0.39 is 35.3 Å². The Labute approximate surface area is 138 Å². The van der Waals surface area contributed by atoms with Crippen molar-refractivity contribution in [1.29, 1.82) is 0 Å². The zero-order valence-corrected chi connectivity index (χ0v) is 13.4. The molecule has 128 valence electrons. The van der Waals surface area contributed by atoms with Gasteiger partial charge in [-0.1, -0.05) is 11.1 Å². The fourth-order valence-corrected chi connectivity index (χ4v) is 4.40. The van der Waals surface area contributed by atoms with Crippen LogP contribution in [0.4, 0.5) is 14.5 Å². The van der Waals surface area contributed by atoms with Crippen LogP contribution >= 0.6 is 0 Å². The first-order valence-corrected chi connectivity index (χ1v) is 7.95. The van der Waals surface area contributed by atoms with Crippen molar-refractivity contribution in [1.82, 2.24) is 0 Å². The molecule has 0 radical (unpaired) electrons. The predicted octanol–water partition coefficient (Wildman–Crippen LogP) is 2.26. The molecule has 2 aliphatic carbocycles. The quantitative estimate of drug-likeness (QED) is 0.862. The highest BCUT2D eigenvalue weighted by Gasteiger charge is 2.54. The molecule has 1 amide bonds. The number of halogens is 2. The van der Waals surface area contributed by atoms with Gasteiger partial charge in [0.05, 0.1) is 11.6 Å². The molecule has 1 aromatic rings. The lowest BCUT2D eigenvalue weighted by Gasteiger charge is -2.30. The smallest absolute Gasteiger partial charge is 0.228 e. The van der Waals surface area contributed by atoms with E-state index in [2.05, 4.69) is 5.32 Å². The molecule has 0 aliphatic heterocycles. The lowest BCUT2D eigenvalue weighted by Crippen LogP contribution is -2.44. The van der Waals surface area contributed by atoms with Crippen LogP contribution in [0.25, 0.3) is 0 Å². The van der Waals surface area contributed by atoms with Crippen LogP contribution in [0.1, 0.15) is 26.7 Å². The summed E-state index contributed by atoms with van der Waals surface area (Å²) >= 11 is 0. The number of fused-ring (bicyclic) bond motifs is 2. The van der Waals surface area contributed by atoms with Gasteiger partial charge in [0.15, 0.2) is 0 Å². The third kappa shape index (κ3) is 2.60. The minimum absolute atomic E-state index is 0.181. The minimum atomic E-state index is -1.26. The van der Waals surface area contributed by atoms with Crippen LogP contribution in [0.3, 0.4) is 0 Å². The fourth-order valence-electron chi connectivity index (χ4n) is 4.40. The second-order valence-electron chi connectivity index (χ2n) is 6.73. The van der Waals surface area contributed by atoms with Gasteiger partial charge in [-0.15, -0.1) is 0 Å². The average Bonchev–Trinajstić information content (AvgIpc) is 3.06. The second-order valence-corrected chi connectivity index (χ2v) is 6.73. The monoisotopic (exact) mass is 334 g/mol. The number of rotatable bonds is 3. The second kappa shape index (κ2) is 6.00. The summed E-state index contributed by atoms with van der Waals surface area (Å²) in [6.07, 6.45) is 1.43. The first-order chi connectivity index (χ1) is 11.3. The van der Waals surface area contributed by atoms with Gasteiger partial charge in [0.2, 0.25) is 5.91 Å². The van der Waals surface area contributed by atoms with Crippen molar-refractivity contribution in [3.8, 4) is 0 Å². The van der Waals surface area contributed by atoms with E-state index in [1.54, 1.807) is 0 Å². The molecule has 0 heterocycles. The van der Waals surface area contributed by atoms with Gasteiger partial charge in [0.25, 0.3) is 0 Å². The molecule has 2 saturated carbocycles. The van der Waals surface area contributed by atoms with Crippen molar-refractivity contribution in [3.05, 3.63) is 41.0 Å². The predicted molar refractivity (Wildman–Crippen MR) is 81.6 cm³/mol. The van der Waals surface area contributed by atoms with Gasteiger partial charge < -0.3 is 15.2 Å². The molecule has 2 fully saturated rings. The standard InChI is InChI=1S/C18H19F2NO3/c1-8(2)14-10-4-5-11(14)16(18(23)24)15(10)17(22)21-13-7-9(19)3-6-12(13)20/h3,6-7,10-11,15-16H,4-5H2,1-2H3,(H,21,22)(H,23,24)/p-1/t10-,11+,15-,16+/m1/s1. The molecule has 2 aliphatic rings. The summed E-state index contributed by atoms with van der Waals surface area (Å²) in [6.45, 7) is 3.80. The average molecular weight is 334 g/mol. The Morgan fingerprint density at radius 1 is 1.12 bits per heavy atom. The van der Waals surface area contributed by atoms with Gasteiger partial charge in [-0.2, -0.15) is 0 Å². The maximum absolute atomic E-state index is 13.7. The summed E-state index contributed by atoms with van der Waals surface area (Å²) in [5.74, 6) is -5.44. The molecule has 6 heteroatoms. The van der Waals surface area contributed by atoms with Gasteiger partial charge in [-0.25, -0.2) is 8.78 Å². The number of allylic oxidation sites excluding steroid dienone is 2. The minimum Gasteiger partial charge on any atom is -0.550 e. The van der Waals surface area contributed by atoms with Crippen LogP contribution in [-0.2, 0) is 9.59 Å². The van der Waals surface area contributed by atoms with E-state index in [-0.39, 0.29) is 17.5 Å². The molecular weight excluding hydrogens is 316 g/mol. The summed E-state index contributed by atoms with van der Waals surface area (Å²) in [4.78, 5) is 24.2. The van der Waals surface area contributed by atoms with E-state index in [0.717, 1.165) is 35.8 Å². The molecule has 1 N–H and O–H groups in total. The summed E-state index contributed by atoms with van der Waals surface area (Å²) < 4.78 is 27.0. The molecule has 24 heavy (non-hydrogen) atoms. The molecular formula is C18H18F2NO3-. The number of carboxylic acid groups (broad SMARTS) is 1. The number of hydrogen-bond donors (Lipinski definition) is 1. The SMILES string of the molecule is CC(C)=C1[C@H]2CC[C@@H]1[C@H](C(=O)[O-])[C@@H]2C(=O)Nc1cc(F)ccc1F. The van der Waals surface area contributed by atoms with Gasteiger partial charge in [0.1, 0.15) is 11.6 Å². The van der Waals surface area contributed by atoms with Gasteiger partial charge >= 0.3 is 0 Å². The fraction of sp³-hybridized carbons (Fsp3) is 0.444. The van der Waals surface area contributed by atoms with Crippen LogP contribution in [0.5, 0.6) is 0 Å². The van der Waals surface area contributed by atoms with E-state index in [4.69, 9.17) is 0 Å². The number of carbonyl (C=O) groups is 2. The molecule has 0 saturated heterocycles. The van der Waals surface area contributed by atoms with E-state index in [9.17, 15) is 23.5 Å². The maximum atomic E-state index is 13.7. The molecule has 0 aromatic heterocycles. The van der Waals surface area contributed by atoms with Gasteiger partial charge in [-0.05, 0) is 50.7 Å². The van der Waals surface area contributed by atoms with Crippen LogP contribution in [0, 0.1) is 35.3 Å². The van der Waals surface area contributed by atoms with Crippen molar-refractivity contribution >= 4 is 17.6 Å². The molecule has 3 rings (SSSR count). The number of benzene rings is 1. The molecule has 2 bridgehead atoms. The highest BCUT2D eigenvalue weighted by molar-refractivity contribution is 5.96. The summed E-state index contributed by atoms with van der Waals surface area (Å²) in [6, 6.07) is 2.76. The number of amides is 1. The summed E-state index contributed by atoms with van der Waals surface area (Å²) in [7, 11) is 0. The number of carboxylic acids is 1. The summed E-state index contributed by atoms with van der Waals surface area (Å²) in [5, 5.41) is 14.0. The van der Waals surface area contributed by atoms with Crippen molar-refractivity contribution in [2.75, 3.05) is 5.32 Å². The van der Waals surface area contributed by atoms with Crippen molar-refractivity contribution in [3.63, 3.8) is 0 Å². The number of nitrogens with one attached hydrogen (secondary N) is 1. The Morgan fingerprint density at radius 3 is 2.33 bits per heavy atom. The zero-order chi connectivity index (χ0) is 17.6. The Balaban J connectivity index is 1.92. The molecule has 0 spiro atoms. The summed E-state index contributed by atoms with van der Waals surface area (Å²) in [5.41, 5.74) is 1.74. The zero-order valence-electron chi connectivity index (χ0n) is 13.4. The van der Waals surface area contributed by atoms with E-state index in [1.807, 2.05) is 13.8 Å². The number of aliphatic carboxylic acids is 1. The van der Waals surface area contributed by atoms with Gasteiger partial charge in [0, 0.05) is 18.0 Å². The van der Waals surface area contributed by atoms with Crippen LogP contribution in [0.2, 0.25) is 0 Å². The van der Waals surface area contributed by atoms with Crippen LogP contribution < -0.4 is 10.4 Å². The maximum Gasteiger partial charge on any atom is 0.228 e. The Morgan fingerprint density at radius 2 is 1.75 bits per heavy atom. The third-order valence-electron chi connectivity index (χ3n) is 5.18. The van der Waals surface area contributed by atoms with Crippen LogP contribution in [0.15, 0.2) is 29.3 Å². The van der Waals surface area contributed by atoms with Crippen molar-refractivity contribution in [2.45, 2.75) is 26.7 Å². The van der Waals surface area contributed by atoms with E-state index in [1.165, 1.54) is 0 Å². The highest BCUT2D eigenvalue weighted by Crippen LogP contribution is 2.57. The normalized spacial score (nSPS) is 28.1. The lowest BCUT2D eigenvalue weighted by atomic mass is 9.78. The largest absolute Gasteiger partial charge is 0.550 e. The number of anilines is 1.